The normalized spacial score (nSPS) is 24.7. The average Bonchev–Trinajstić information content (AvgIpc) is 3.81. The molecule has 0 N–H and O–H groups in total. The summed E-state index contributed by atoms with van der Waals surface area (Å²) in [6.07, 6.45) is 2.21. The number of fused-ring (bicyclic) bond motifs is 3. The van der Waals surface area contributed by atoms with E-state index in [0.717, 1.165) is 25.7 Å². The van der Waals surface area contributed by atoms with Crippen molar-refractivity contribution < 1.29 is 38.1 Å². The Kier molecular flexibility index (Phi) is 5.22. The number of esters is 3. The second-order valence-electron chi connectivity index (χ2n) is 17.3. The van der Waals surface area contributed by atoms with Gasteiger partial charge in [0.05, 0.1) is 24.2 Å². The molecule has 8 aromatic carbocycles. The summed E-state index contributed by atoms with van der Waals surface area (Å²) < 4.78 is 33.3. The fraction of sp³-hybridized carbons (Fsp3) is 0.340. The zero-order valence-electron chi connectivity index (χ0n) is 31.2. The van der Waals surface area contributed by atoms with Crippen molar-refractivity contribution in [2.75, 3.05) is 13.2 Å². The van der Waals surface area contributed by atoms with Crippen LogP contribution in [0.15, 0.2) is 36.4 Å². The minimum atomic E-state index is -1.39. The maximum Gasteiger partial charge on any atom is 0.303 e. The van der Waals surface area contributed by atoms with Crippen LogP contribution in [0.4, 0.5) is 0 Å². The average molecular weight is 742 g/mol. The van der Waals surface area contributed by atoms with E-state index >= 15 is 0 Å². The lowest BCUT2D eigenvalue weighted by molar-refractivity contribution is -0.390. The van der Waals surface area contributed by atoms with E-state index in [2.05, 4.69) is 41.0 Å². The van der Waals surface area contributed by atoms with Crippen LogP contribution in [-0.4, -0.2) is 59.3 Å². The zero-order valence-corrected chi connectivity index (χ0v) is 31.2. The van der Waals surface area contributed by atoms with Crippen molar-refractivity contribution in [2.24, 2.45) is 0 Å². The number of aromatic nitrogens is 1. The van der Waals surface area contributed by atoms with Gasteiger partial charge in [-0.15, -0.1) is 0 Å². The molecular formula is C47H35NO8. The first-order valence-corrected chi connectivity index (χ1v) is 20.0. The minimum Gasteiger partial charge on any atom is -0.454 e. The molecule has 1 saturated carbocycles. The van der Waals surface area contributed by atoms with Crippen molar-refractivity contribution in [2.45, 2.75) is 89.4 Å². The number of hydrogen-bond donors (Lipinski definition) is 0. The summed E-state index contributed by atoms with van der Waals surface area (Å²) in [4.78, 5) is 37.4. The van der Waals surface area contributed by atoms with Gasteiger partial charge in [-0.3, -0.25) is 14.4 Å². The van der Waals surface area contributed by atoms with Gasteiger partial charge < -0.3 is 28.3 Å². The third-order valence-electron chi connectivity index (χ3n) is 14.5. The number of pyridine rings is 1. The van der Waals surface area contributed by atoms with E-state index in [-0.39, 0.29) is 13.2 Å². The van der Waals surface area contributed by atoms with Gasteiger partial charge in [0.2, 0.25) is 5.79 Å². The molecule has 4 atom stereocenters. The molecule has 0 radical (unpaired) electrons. The summed E-state index contributed by atoms with van der Waals surface area (Å²) in [7, 11) is 0. The highest BCUT2D eigenvalue weighted by molar-refractivity contribution is 6.55. The van der Waals surface area contributed by atoms with Gasteiger partial charge in [0.1, 0.15) is 0 Å². The first kappa shape index (κ1) is 30.7. The van der Waals surface area contributed by atoms with Gasteiger partial charge >= 0.3 is 17.9 Å². The van der Waals surface area contributed by atoms with Gasteiger partial charge in [-0.25, -0.2) is 0 Å². The summed E-state index contributed by atoms with van der Waals surface area (Å²) >= 11 is 0. The van der Waals surface area contributed by atoms with Gasteiger partial charge in [-0.1, -0.05) is 36.4 Å². The van der Waals surface area contributed by atoms with E-state index in [1.807, 2.05) is 0 Å². The summed E-state index contributed by atoms with van der Waals surface area (Å²) in [5.41, 5.74) is 9.78. The Balaban J connectivity index is 1.00. The molecule has 3 fully saturated rings. The molecule has 1 aromatic heterocycles. The SMILES string of the molecule is CC(=O)OC1C(OC(C)=O)C2(OCCn3c4c5cc6c7c8c(cc9ccc%10cc%11c%12c%13c(cc(c3c%13c(c3c8c9c%10c%123)c74)CC5)C%11)C6)CCC1(OC(C)=O)CO2. The number of ether oxygens (including phenoxy) is 5. The monoisotopic (exact) mass is 741 g/mol. The van der Waals surface area contributed by atoms with Crippen molar-refractivity contribution in [3.8, 4) is 0 Å². The van der Waals surface area contributed by atoms with Crippen LogP contribution in [0, 0.1) is 0 Å². The van der Waals surface area contributed by atoms with Crippen LogP contribution < -0.4 is 0 Å². The lowest BCUT2D eigenvalue weighted by Crippen LogP contribution is -2.74. The predicted octanol–water partition coefficient (Wildman–Crippen LogP) is 8.07. The van der Waals surface area contributed by atoms with Gasteiger partial charge in [-0.2, -0.15) is 0 Å². The first-order chi connectivity index (χ1) is 27.1. The number of carbonyl (C=O) groups excluding carboxylic acids is 3. The molecule has 0 spiro atoms. The molecule has 276 valence electrons. The van der Waals surface area contributed by atoms with E-state index in [0.29, 0.717) is 19.4 Å². The Hall–Kier alpha value is -5.51. The van der Waals surface area contributed by atoms with E-state index in [1.54, 1.807) is 0 Å². The largest absolute Gasteiger partial charge is 0.454 e. The predicted molar refractivity (Wildman–Crippen MR) is 212 cm³/mol. The molecule has 0 amide bonds. The van der Waals surface area contributed by atoms with Crippen LogP contribution in [0.5, 0.6) is 0 Å². The Bertz CT molecular complexity index is 3160. The molecule has 3 aliphatic carbocycles. The van der Waals surface area contributed by atoms with Gasteiger partial charge in [-0.05, 0) is 119 Å². The van der Waals surface area contributed by atoms with Gasteiger partial charge in [0.15, 0.2) is 17.8 Å². The Labute approximate surface area is 318 Å². The molecule has 6 aliphatic rings. The van der Waals surface area contributed by atoms with Gasteiger partial charge in [0.25, 0.3) is 0 Å². The summed E-state index contributed by atoms with van der Waals surface area (Å²) in [5.74, 6) is -3.07. The number of hydrogen-bond acceptors (Lipinski definition) is 8. The van der Waals surface area contributed by atoms with Crippen molar-refractivity contribution >= 4 is 104 Å². The smallest absolute Gasteiger partial charge is 0.303 e. The maximum absolute atomic E-state index is 12.6. The quantitative estimate of drug-likeness (QED) is 0.0700. The minimum absolute atomic E-state index is 0.0480. The summed E-state index contributed by atoms with van der Waals surface area (Å²) in [6, 6.07) is 14.6. The number of nitrogens with zero attached hydrogens (tertiary/aromatic N) is 1. The standard InChI is InChI=1S/C47H35NO8/c1-19(49)54-44-45(55-20(2)50)47(9-8-46(44,18-53-47)56-21(3)51)52-11-10-48-42-24-6-7-25-15-29-17-27-13-23-5-4-22-12-26-16-28(14-24)34-32(26)36-30(22)31(23)37-33(27)35(29)41(43(25)48)39(38(36)37)40(34)42/h4-5,12-15,44-45H,6-11,16-18H2,1-3H3. The summed E-state index contributed by atoms with van der Waals surface area (Å²) in [6.45, 7) is 4.65. The Morgan fingerprint density at radius 2 is 1.14 bits per heavy atom. The zero-order chi connectivity index (χ0) is 37.3. The second-order valence-corrected chi connectivity index (χ2v) is 17.3. The molecule has 56 heavy (non-hydrogen) atoms. The third-order valence-corrected chi connectivity index (χ3v) is 14.5. The Morgan fingerprint density at radius 3 is 1.68 bits per heavy atom. The summed E-state index contributed by atoms with van der Waals surface area (Å²) in [5, 5.41) is 19.9. The maximum atomic E-state index is 12.6. The van der Waals surface area contributed by atoms with Crippen molar-refractivity contribution in [1.29, 1.82) is 0 Å². The Morgan fingerprint density at radius 1 is 0.625 bits per heavy atom. The van der Waals surface area contributed by atoms with E-state index < -0.39 is 41.5 Å². The number of carbonyl (C=O) groups is 3. The number of aryl methyl sites for hydroxylation is 2. The molecule has 15 rings (SSSR count). The van der Waals surface area contributed by atoms with Crippen LogP contribution in [0.25, 0.3) is 86.4 Å². The third kappa shape index (κ3) is 3.28. The lowest BCUT2D eigenvalue weighted by Gasteiger charge is -2.57. The van der Waals surface area contributed by atoms with Crippen LogP contribution in [0.3, 0.4) is 0 Å². The molecule has 4 bridgehead atoms. The highest BCUT2D eigenvalue weighted by Gasteiger charge is 2.68. The fourth-order valence-corrected chi connectivity index (χ4v) is 12.9. The van der Waals surface area contributed by atoms with Crippen molar-refractivity contribution in [3.05, 3.63) is 69.8 Å². The van der Waals surface area contributed by atoms with Gasteiger partial charge in [0, 0.05) is 55.3 Å². The molecule has 9 aromatic rings. The second kappa shape index (κ2) is 9.53. The highest BCUT2D eigenvalue weighted by atomic mass is 16.7. The van der Waals surface area contributed by atoms with Crippen LogP contribution in [-0.2, 0) is 70.3 Å². The van der Waals surface area contributed by atoms with E-state index in [4.69, 9.17) is 23.7 Å². The molecular weight excluding hydrogens is 707 g/mol. The molecule has 3 aliphatic heterocycles. The molecule has 4 heterocycles. The molecule has 9 heteroatoms. The van der Waals surface area contributed by atoms with E-state index in [1.165, 1.54) is 141 Å². The highest BCUT2D eigenvalue weighted by Crippen LogP contribution is 2.61. The topological polar surface area (TPSA) is 102 Å². The van der Waals surface area contributed by atoms with Crippen LogP contribution in [0.2, 0.25) is 0 Å². The molecule has 9 nitrogen and oxygen atoms in total. The van der Waals surface area contributed by atoms with Crippen molar-refractivity contribution in [1.82, 2.24) is 4.57 Å². The molecule has 4 unspecified atom stereocenters. The van der Waals surface area contributed by atoms with Crippen LogP contribution >= 0.6 is 0 Å². The molecule has 2 saturated heterocycles. The number of rotatable bonds is 7. The first-order valence-electron chi connectivity index (χ1n) is 20.0. The number of benzene rings is 7. The van der Waals surface area contributed by atoms with Crippen molar-refractivity contribution in [3.63, 3.8) is 0 Å². The fourth-order valence-electron chi connectivity index (χ4n) is 12.9. The van der Waals surface area contributed by atoms with Crippen LogP contribution in [0.1, 0.15) is 67.0 Å². The van der Waals surface area contributed by atoms with E-state index in [9.17, 15) is 14.4 Å². The lowest BCUT2D eigenvalue weighted by atomic mass is 9.73.